The third-order valence-electron chi connectivity index (χ3n) is 3.59. The lowest BCUT2D eigenvalue weighted by Gasteiger charge is -2.14. The molecule has 0 spiro atoms. The van der Waals surface area contributed by atoms with E-state index in [4.69, 9.17) is 22.1 Å². The lowest BCUT2D eigenvalue weighted by Crippen LogP contribution is -2.33. The highest BCUT2D eigenvalue weighted by Gasteiger charge is 2.28. The summed E-state index contributed by atoms with van der Waals surface area (Å²) in [6.07, 6.45) is 2.48. The molecule has 1 aliphatic rings. The van der Waals surface area contributed by atoms with E-state index in [-0.39, 0.29) is 23.6 Å². The Kier molecular flexibility index (Phi) is 5.04. The van der Waals surface area contributed by atoms with Crippen molar-refractivity contribution in [2.75, 3.05) is 7.11 Å². The van der Waals surface area contributed by atoms with Crippen LogP contribution in [-0.4, -0.2) is 27.7 Å². The van der Waals surface area contributed by atoms with Crippen molar-refractivity contribution in [3.63, 3.8) is 0 Å². The molecular weight excluding hydrogens is 300 g/mol. The summed E-state index contributed by atoms with van der Waals surface area (Å²) in [5.41, 5.74) is 6.24. The van der Waals surface area contributed by atoms with Crippen molar-refractivity contribution in [2.24, 2.45) is 5.73 Å². The Bertz CT molecular complexity index is 577. The van der Waals surface area contributed by atoms with Crippen LogP contribution in [0.3, 0.4) is 0 Å². The minimum absolute atomic E-state index is 0.0853. The molecule has 2 rings (SSSR count). The molecular formula is C13H19ClN2O3S. The maximum atomic E-state index is 12.3. The second-order valence-electron chi connectivity index (χ2n) is 4.95. The number of halogens is 1. The van der Waals surface area contributed by atoms with Gasteiger partial charge in [-0.3, -0.25) is 0 Å². The first kappa shape index (κ1) is 15.7. The topological polar surface area (TPSA) is 81.4 Å². The molecule has 2 unspecified atom stereocenters. The van der Waals surface area contributed by atoms with Crippen LogP contribution >= 0.6 is 11.6 Å². The molecule has 0 radical (unpaired) electrons. The molecule has 0 aromatic heterocycles. The number of rotatable bonds is 5. The molecule has 0 aliphatic heterocycles. The zero-order valence-electron chi connectivity index (χ0n) is 11.3. The van der Waals surface area contributed by atoms with Crippen LogP contribution in [0, 0.1) is 0 Å². The first-order valence-corrected chi connectivity index (χ1v) is 8.36. The zero-order chi connectivity index (χ0) is 14.8. The van der Waals surface area contributed by atoms with E-state index in [1.165, 1.54) is 12.1 Å². The van der Waals surface area contributed by atoms with Crippen LogP contribution in [0.4, 0.5) is 0 Å². The molecule has 0 saturated heterocycles. The predicted molar refractivity (Wildman–Crippen MR) is 78.1 cm³/mol. The number of benzene rings is 1. The third-order valence-corrected chi connectivity index (χ3v) is 5.46. The predicted octanol–water partition coefficient (Wildman–Crippen LogP) is 1.64. The van der Waals surface area contributed by atoms with Crippen molar-refractivity contribution in [1.29, 1.82) is 0 Å². The minimum atomic E-state index is -3.55. The molecule has 2 atom stereocenters. The third kappa shape index (κ3) is 3.51. The lowest BCUT2D eigenvalue weighted by molar-refractivity contribution is 0.107. The van der Waals surface area contributed by atoms with Crippen molar-refractivity contribution in [2.45, 2.75) is 42.8 Å². The minimum Gasteiger partial charge on any atom is -0.381 e. The van der Waals surface area contributed by atoms with Crippen molar-refractivity contribution in [1.82, 2.24) is 4.72 Å². The molecule has 1 fully saturated rings. The average Bonchev–Trinajstić information content (AvgIpc) is 2.85. The molecule has 3 N–H and O–H groups in total. The molecule has 1 saturated carbocycles. The summed E-state index contributed by atoms with van der Waals surface area (Å²) in [6, 6.07) is 4.52. The number of methoxy groups -OCH3 is 1. The second-order valence-corrected chi connectivity index (χ2v) is 7.07. The van der Waals surface area contributed by atoms with Gasteiger partial charge >= 0.3 is 0 Å². The lowest BCUT2D eigenvalue weighted by atomic mass is 10.2. The standard InChI is InChI=1S/C13H19ClN2O3S/c1-19-11-4-3-10(6-11)16-20(17,18)12-5-2-9(8-15)13(14)7-12/h2,5,7,10-11,16H,3-4,6,8,15H2,1H3. The fraction of sp³-hybridized carbons (Fsp3) is 0.538. The second kappa shape index (κ2) is 6.41. The van der Waals surface area contributed by atoms with Crippen molar-refractivity contribution in [3.05, 3.63) is 28.8 Å². The number of nitrogens with two attached hydrogens (primary N) is 1. The fourth-order valence-corrected chi connectivity index (χ4v) is 4.04. The molecule has 0 bridgehead atoms. The van der Waals surface area contributed by atoms with E-state index in [1.807, 2.05) is 0 Å². The molecule has 0 heterocycles. The first-order chi connectivity index (χ1) is 9.46. The van der Waals surface area contributed by atoms with Crippen LogP contribution < -0.4 is 10.5 Å². The molecule has 5 nitrogen and oxygen atoms in total. The van der Waals surface area contributed by atoms with Gasteiger partial charge in [-0.2, -0.15) is 0 Å². The SMILES string of the molecule is COC1CCC(NS(=O)(=O)c2ccc(CN)c(Cl)c2)C1. The highest BCUT2D eigenvalue weighted by molar-refractivity contribution is 7.89. The summed E-state index contributed by atoms with van der Waals surface area (Å²) < 4.78 is 32.5. The monoisotopic (exact) mass is 318 g/mol. The van der Waals surface area contributed by atoms with Crippen LogP contribution in [0.1, 0.15) is 24.8 Å². The Hall–Kier alpha value is -0.660. The van der Waals surface area contributed by atoms with Crippen molar-refractivity contribution < 1.29 is 13.2 Å². The quantitative estimate of drug-likeness (QED) is 0.865. The number of ether oxygens (including phenoxy) is 1. The summed E-state index contributed by atoms with van der Waals surface area (Å²) in [5, 5.41) is 0.372. The van der Waals surface area contributed by atoms with E-state index in [9.17, 15) is 8.42 Å². The van der Waals surface area contributed by atoms with E-state index in [0.29, 0.717) is 11.4 Å². The maximum absolute atomic E-state index is 12.3. The van der Waals surface area contributed by atoms with E-state index >= 15 is 0 Å². The number of nitrogens with one attached hydrogen (secondary N) is 1. The molecule has 1 aromatic rings. The summed E-state index contributed by atoms with van der Waals surface area (Å²) in [7, 11) is -1.91. The normalized spacial score (nSPS) is 23.1. The maximum Gasteiger partial charge on any atom is 0.240 e. The highest BCUT2D eigenvalue weighted by Crippen LogP contribution is 2.25. The summed E-state index contributed by atoms with van der Waals surface area (Å²) >= 11 is 6.01. The first-order valence-electron chi connectivity index (χ1n) is 6.50. The average molecular weight is 319 g/mol. The van der Waals surface area contributed by atoms with Gasteiger partial charge in [0.1, 0.15) is 0 Å². The zero-order valence-corrected chi connectivity index (χ0v) is 12.9. The van der Waals surface area contributed by atoms with Gasteiger partial charge < -0.3 is 10.5 Å². The van der Waals surface area contributed by atoms with Crippen LogP contribution in [0.5, 0.6) is 0 Å². The molecule has 1 aromatic carbocycles. The Morgan fingerprint density at radius 1 is 1.45 bits per heavy atom. The van der Waals surface area contributed by atoms with Crippen molar-refractivity contribution >= 4 is 21.6 Å². The Labute approximate surface area is 124 Å². The van der Waals surface area contributed by atoms with Gasteiger partial charge in [-0.1, -0.05) is 17.7 Å². The Morgan fingerprint density at radius 2 is 2.20 bits per heavy atom. The Balaban J connectivity index is 2.12. The molecule has 1 aliphatic carbocycles. The van der Waals surface area contributed by atoms with Crippen LogP contribution in [-0.2, 0) is 21.3 Å². The van der Waals surface area contributed by atoms with Crippen LogP contribution in [0.15, 0.2) is 23.1 Å². The van der Waals surface area contributed by atoms with Gasteiger partial charge in [0.15, 0.2) is 0 Å². The summed E-state index contributed by atoms with van der Waals surface area (Å²) in [4.78, 5) is 0.167. The van der Waals surface area contributed by atoms with Crippen LogP contribution in [0.2, 0.25) is 5.02 Å². The molecule has 0 amide bonds. The molecule has 112 valence electrons. The number of sulfonamides is 1. The fourth-order valence-electron chi connectivity index (χ4n) is 2.41. The number of hydrogen-bond acceptors (Lipinski definition) is 4. The van der Waals surface area contributed by atoms with E-state index in [1.54, 1.807) is 13.2 Å². The summed E-state index contributed by atoms with van der Waals surface area (Å²) in [6.45, 7) is 0.282. The van der Waals surface area contributed by atoms with Gasteiger partial charge in [-0.15, -0.1) is 0 Å². The van der Waals surface area contributed by atoms with E-state index < -0.39 is 10.0 Å². The Morgan fingerprint density at radius 3 is 2.75 bits per heavy atom. The van der Waals surface area contributed by atoms with E-state index in [0.717, 1.165) is 18.4 Å². The smallest absolute Gasteiger partial charge is 0.240 e. The highest BCUT2D eigenvalue weighted by atomic mass is 35.5. The van der Waals surface area contributed by atoms with Crippen molar-refractivity contribution in [3.8, 4) is 0 Å². The van der Waals surface area contributed by atoms with Gasteiger partial charge in [0.2, 0.25) is 10.0 Å². The van der Waals surface area contributed by atoms with Gasteiger partial charge in [0.25, 0.3) is 0 Å². The summed E-state index contributed by atoms with van der Waals surface area (Å²) in [5.74, 6) is 0. The van der Waals surface area contributed by atoms with Gasteiger partial charge in [0, 0.05) is 24.7 Å². The van der Waals surface area contributed by atoms with Gasteiger partial charge in [0.05, 0.1) is 11.0 Å². The largest absolute Gasteiger partial charge is 0.381 e. The molecule has 7 heteroatoms. The van der Waals surface area contributed by atoms with Gasteiger partial charge in [-0.05, 0) is 37.0 Å². The van der Waals surface area contributed by atoms with Crippen LogP contribution in [0.25, 0.3) is 0 Å². The molecule has 20 heavy (non-hydrogen) atoms. The van der Waals surface area contributed by atoms with Gasteiger partial charge in [-0.25, -0.2) is 13.1 Å². The van der Waals surface area contributed by atoms with E-state index in [2.05, 4.69) is 4.72 Å². The number of hydrogen-bond donors (Lipinski definition) is 2.